The average Bonchev–Trinajstić information content (AvgIpc) is 3.14. The zero-order chi connectivity index (χ0) is 13.3. The van der Waals surface area contributed by atoms with E-state index >= 15 is 0 Å². The molecular weight excluding hydrogens is 238 g/mol. The molecule has 2 heterocycles. The van der Waals surface area contributed by atoms with Gasteiger partial charge >= 0.3 is 0 Å². The number of amides is 1. The Morgan fingerprint density at radius 2 is 2.11 bits per heavy atom. The first kappa shape index (κ1) is 12.6. The van der Waals surface area contributed by atoms with Crippen LogP contribution in [0.3, 0.4) is 0 Å². The second kappa shape index (κ2) is 4.93. The van der Waals surface area contributed by atoms with Gasteiger partial charge in [-0.25, -0.2) is 0 Å². The molecule has 1 saturated heterocycles. The van der Waals surface area contributed by atoms with E-state index in [2.05, 4.69) is 15.6 Å². The van der Waals surface area contributed by atoms with E-state index in [4.69, 9.17) is 0 Å². The normalized spacial score (nSPS) is 25.8. The number of carbonyl (C=O) groups excluding carboxylic acids is 1. The van der Waals surface area contributed by atoms with Crippen molar-refractivity contribution in [3.63, 3.8) is 0 Å². The minimum absolute atomic E-state index is 0.0647. The van der Waals surface area contributed by atoms with Crippen LogP contribution in [0.15, 0.2) is 24.5 Å². The molecule has 1 amide bonds. The fourth-order valence-electron chi connectivity index (χ4n) is 3.25. The average molecular weight is 259 g/mol. The molecule has 2 N–H and O–H groups in total. The molecule has 1 aliphatic heterocycles. The van der Waals surface area contributed by atoms with E-state index in [0.29, 0.717) is 5.41 Å². The lowest BCUT2D eigenvalue weighted by Gasteiger charge is -2.23. The van der Waals surface area contributed by atoms with Crippen LogP contribution in [-0.2, 0) is 4.79 Å². The summed E-state index contributed by atoms with van der Waals surface area (Å²) in [5.41, 5.74) is 1.43. The van der Waals surface area contributed by atoms with Gasteiger partial charge < -0.3 is 10.6 Å². The van der Waals surface area contributed by atoms with Gasteiger partial charge in [-0.3, -0.25) is 9.78 Å². The molecule has 1 saturated carbocycles. The molecule has 2 aliphatic rings. The molecule has 0 radical (unpaired) electrons. The van der Waals surface area contributed by atoms with Crippen LogP contribution in [0.2, 0.25) is 0 Å². The largest absolute Gasteiger partial charge is 0.349 e. The first-order valence-electron chi connectivity index (χ1n) is 7.12. The summed E-state index contributed by atoms with van der Waals surface area (Å²) in [6.07, 6.45) is 6.90. The molecule has 4 nitrogen and oxygen atoms in total. The van der Waals surface area contributed by atoms with Gasteiger partial charge in [0.05, 0.1) is 6.04 Å². The first-order chi connectivity index (χ1) is 9.21. The molecule has 2 fully saturated rings. The van der Waals surface area contributed by atoms with Gasteiger partial charge in [-0.05, 0) is 62.4 Å². The minimum Gasteiger partial charge on any atom is -0.349 e. The molecular formula is C15H21N3O. The number of nitrogens with one attached hydrogen (secondary N) is 2. The first-order valence-corrected chi connectivity index (χ1v) is 7.12. The van der Waals surface area contributed by atoms with Crippen LogP contribution < -0.4 is 10.6 Å². The van der Waals surface area contributed by atoms with Crippen LogP contribution in [-0.4, -0.2) is 24.0 Å². The van der Waals surface area contributed by atoms with E-state index in [1.165, 1.54) is 0 Å². The molecule has 1 aromatic rings. The lowest BCUT2D eigenvalue weighted by Crippen LogP contribution is -2.34. The Hall–Kier alpha value is -1.42. The predicted molar refractivity (Wildman–Crippen MR) is 73.4 cm³/mol. The molecule has 1 spiro atoms. The van der Waals surface area contributed by atoms with Crippen molar-refractivity contribution < 1.29 is 4.79 Å². The van der Waals surface area contributed by atoms with E-state index in [0.717, 1.165) is 37.9 Å². The lowest BCUT2D eigenvalue weighted by atomic mass is 9.91. The highest BCUT2D eigenvalue weighted by Crippen LogP contribution is 2.58. The van der Waals surface area contributed by atoms with Gasteiger partial charge in [0.2, 0.25) is 5.91 Å². The van der Waals surface area contributed by atoms with E-state index in [1.54, 1.807) is 12.4 Å². The van der Waals surface area contributed by atoms with Gasteiger partial charge in [0.15, 0.2) is 0 Å². The molecule has 1 aromatic heterocycles. The maximum absolute atomic E-state index is 12.3. The van der Waals surface area contributed by atoms with Crippen molar-refractivity contribution in [3.8, 4) is 0 Å². The Labute approximate surface area is 114 Å². The summed E-state index contributed by atoms with van der Waals surface area (Å²) >= 11 is 0. The lowest BCUT2D eigenvalue weighted by molar-refractivity contribution is -0.123. The topological polar surface area (TPSA) is 54.0 Å². The zero-order valence-electron chi connectivity index (χ0n) is 11.4. The highest BCUT2D eigenvalue weighted by molar-refractivity contribution is 5.83. The quantitative estimate of drug-likeness (QED) is 0.868. The summed E-state index contributed by atoms with van der Waals surface area (Å²) in [5, 5.41) is 6.51. The Morgan fingerprint density at radius 1 is 1.42 bits per heavy atom. The van der Waals surface area contributed by atoms with Gasteiger partial charge in [-0.2, -0.15) is 0 Å². The summed E-state index contributed by atoms with van der Waals surface area (Å²) in [6.45, 7) is 4.15. The van der Waals surface area contributed by atoms with Crippen molar-refractivity contribution in [1.29, 1.82) is 0 Å². The Bertz CT molecular complexity index is 454. The molecule has 102 valence electrons. The number of pyridine rings is 1. The van der Waals surface area contributed by atoms with Gasteiger partial charge in [-0.15, -0.1) is 0 Å². The van der Waals surface area contributed by atoms with Gasteiger partial charge in [0.1, 0.15) is 0 Å². The summed E-state index contributed by atoms with van der Waals surface area (Å²) in [4.78, 5) is 16.3. The number of carbonyl (C=O) groups is 1. The molecule has 1 unspecified atom stereocenters. The van der Waals surface area contributed by atoms with Crippen LogP contribution >= 0.6 is 0 Å². The van der Waals surface area contributed by atoms with Crippen LogP contribution in [0.4, 0.5) is 0 Å². The van der Waals surface area contributed by atoms with E-state index < -0.39 is 0 Å². The smallest absolute Gasteiger partial charge is 0.224 e. The maximum Gasteiger partial charge on any atom is 0.224 e. The number of hydrogen-bond acceptors (Lipinski definition) is 3. The predicted octanol–water partition coefficient (Wildman–Crippen LogP) is 1.65. The van der Waals surface area contributed by atoms with E-state index in [9.17, 15) is 4.79 Å². The zero-order valence-corrected chi connectivity index (χ0v) is 11.4. The summed E-state index contributed by atoms with van der Waals surface area (Å²) in [5.74, 6) is 0.463. The summed E-state index contributed by atoms with van der Waals surface area (Å²) < 4.78 is 0. The van der Waals surface area contributed by atoms with Crippen LogP contribution in [0.5, 0.6) is 0 Å². The number of piperidine rings is 1. The third-order valence-corrected chi connectivity index (χ3v) is 4.67. The van der Waals surface area contributed by atoms with Crippen molar-refractivity contribution >= 4 is 5.91 Å². The molecule has 0 bridgehead atoms. The minimum atomic E-state index is 0.0647. The van der Waals surface area contributed by atoms with E-state index in [-0.39, 0.29) is 17.9 Å². The Morgan fingerprint density at radius 3 is 2.79 bits per heavy atom. The van der Waals surface area contributed by atoms with Crippen LogP contribution in [0, 0.1) is 11.3 Å². The maximum atomic E-state index is 12.3. The fourth-order valence-corrected chi connectivity index (χ4v) is 3.25. The number of hydrogen-bond donors (Lipinski definition) is 2. The standard InChI is InChI=1S/C15H21N3O/c1-11(12-2-6-16-7-3-12)18-14(19)13-10-15(13)4-8-17-9-5-15/h2-3,6-7,11,13,17H,4-5,8-10H2,1H3,(H,18,19)/t11-,13?/m1/s1. The second-order valence-corrected chi connectivity index (χ2v) is 5.88. The summed E-state index contributed by atoms with van der Waals surface area (Å²) in [6, 6.07) is 3.98. The highest BCUT2D eigenvalue weighted by atomic mass is 16.2. The Kier molecular flexibility index (Phi) is 3.27. The van der Waals surface area contributed by atoms with Crippen molar-refractivity contribution in [2.75, 3.05) is 13.1 Å². The monoisotopic (exact) mass is 259 g/mol. The van der Waals surface area contributed by atoms with Crippen molar-refractivity contribution in [1.82, 2.24) is 15.6 Å². The van der Waals surface area contributed by atoms with E-state index in [1.807, 2.05) is 19.1 Å². The van der Waals surface area contributed by atoms with Crippen molar-refractivity contribution in [2.24, 2.45) is 11.3 Å². The van der Waals surface area contributed by atoms with Crippen LogP contribution in [0.1, 0.15) is 37.8 Å². The van der Waals surface area contributed by atoms with Crippen molar-refractivity contribution in [3.05, 3.63) is 30.1 Å². The third-order valence-electron chi connectivity index (χ3n) is 4.67. The molecule has 1 aliphatic carbocycles. The SMILES string of the molecule is C[C@@H](NC(=O)C1CC12CCNCC2)c1ccncc1. The van der Waals surface area contributed by atoms with Gasteiger partial charge in [-0.1, -0.05) is 0 Å². The van der Waals surface area contributed by atoms with Gasteiger partial charge in [0, 0.05) is 18.3 Å². The number of aromatic nitrogens is 1. The van der Waals surface area contributed by atoms with Crippen molar-refractivity contribution in [2.45, 2.75) is 32.2 Å². The molecule has 19 heavy (non-hydrogen) atoms. The van der Waals surface area contributed by atoms with Gasteiger partial charge in [0.25, 0.3) is 0 Å². The highest BCUT2D eigenvalue weighted by Gasteiger charge is 2.57. The third kappa shape index (κ3) is 2.50. The number of nitrogens with zero attached hydrogens (tertiary/aromatic N) is 1. The van der Waals surface area contributed by atoms with Crippen LogP contribution in [0.25, 0.3) is 0 Å². The molecule has 4 heteroatoms. The number of rotatable bonds is 3. The fraction of sp³-hybridized carbons (Fsp3) is 0.600. The molecule has 2 atom stereocenters. The second-order valence-electron chi connectivity index (χ2n) is 5.88. The molecule has 3 rings (SSSR count). The summed E-state index contributed by atoms with van der Waals surface area (Å²) in [7, 11) is 0. The Balaban J connectivity index is 1.58. The molecule has 0 aromatic carbocycles.